The Balaban J connectivity index is 1.74. The molecule has 1 heterocycles. The van der Waals surface area contributed by atoms with Crippen LogP contribution in [0.3, 0.4) is 0 Å². The Labute approximate surface area is 143 Å². The maximum Gasteiger partial charge on any atom is 0.295 e. The average molecular weight is 351 g/mol. The summed E-state index contributed by atoms with van der Waals surface area (Å²) in [6.07, 6.45) is 0. The molecule has 2 aromatic rings. The summed E-state index contributed by atoms with van der Waals surface area (Å²) in [5, 5.41) is 11.5. The van der Waals surface area contributed by atoms with E-state index in [-0.39, 0.29) is 5.69 Å². The van der Waals surface area contributed by atoms with Crippen LogP contribution in [0.1, 0.15) is 0 Å². The number of nitrogen functional groups attached to an aromatic ring is 1. The largest absolute Gasteiger partial charge is 0.393 e. The van der Waals surface area contributed by atoms with E-state index in [1.807, 2.05) is 29.2 Å². The summed E-state index contributed by atoms with van der Waals surface area (Å²) >= 11 is 5.89. The van der Waals surface area contributed by atoms with Crippen LogP contribution in [0, 0.1) is 15.9 Å². The molecule has 126 valence electrons. The van der Waals surface area contributed by atoms with Crippen LogP contribution in [-0.4, -0.2) is 31.1 Å². The van der Waals surface area contributed by atoms with Crippen molar-refractivity contribution in [2.24, 2.45) is 0 Å². The number of hydrogen-bond acceptors (Lipinski definition) is 5. The van der Waals surface area contributed by atoms with Crippen LogP contribution in [-0.2, 0) is 0 Å². The minimum Gasteiger partial charge on any atom is -0.393 e. The molecule has 24 heavy (non-hydrogen) atoms. The van der Waals surface area contributed by atoms with Gasteiger partial charge >= 0.3 is 0 Å². The lowest BCUT2D eigenvalue weighted by atomic mass is 10.2. The fourth-order valence-electron chi connectivity index (χ4n) is 2.83. The highest BCUT2D eigenvalue weighted by atomic mass is 35.5. The monoisotopic (exact) mass is 350 g/mol. The highest BCUT2D eigenvalue weighted by molar-refractivity contribution is 6.30. The van der Waals surface area contributed by atoms with E-state index in [1.54, 1.807) is 0 Å². The number of nitro benzene ring substituents is 1. The fourth-order valence-corrected chi connectivity index (χ4v) is 2.95. The lowest BCUT2D eigenvalue weighted by Crippen LogP contribution is -2.46. The van der Waals surface area contributed by atoms with Gasteiger partial charge in [0.2, 0.25) is 0 Å². The second-order valence-corrected chi connectivity index (χ2v) is 6.01. The first kappa shape index (κ1) is 16.3. The van der Waals surface area contributed by atoms with E-state index in [4.69, 9.17) is 17.3 Å². The number of anilines is 3. The quantitative estimate of drug-likeness (QED) is 0.522. The number of nitro groups is 1. The predicted molar refractivity (Wildman–Crippen MR) is 93.3 cm³/mol. The zero-order chi connectivity index (χ0) is 17.3. The molecule has 0 aliphatic carbocycles. The van der Waals surface area contributed by atoms with E-state index < -0.39 is 16.4 Å². The normalized spacial score (nSPS) is 14.8. The molecule has 1 fully saturated rings. The fraction of sp³-hybridized carbons (Fsp3) is 0.250. The first-order valence-electron chi connectivity index (χ1n) is 7.44. The number of halogens is 2. The van der Waals surface area contributed by atoms with Crippen molar-refractivity contribution < 1.29 is 9.31 Å². The number of benzene rings is 2. The molecule has 0 amide bonds. The van der Waals surface area contributed by atoms with Gasteiger partial charge in [0.25, 0.3) is 5.69 Å². The van der Waals surface area contributed by atoms with E-state index in [0.717, 1.165) is 11.8 Å². The van der Waals surface area contributed by atoms with Gasteiger partial charge in [0.05, 0.1) is 16.7 Å². The van der Waals surface area contributed by atoms with Crippen LogP contribution in [0.4, 0.5) is 27.1 Å². The second kappa shape index (κ2) is 6.52. The molecule has 0 spiro atoms. The zero-order valence-corrected chi connectivity index (χ0v) is 13.5. The van der Waals surface area contributed by atoms with Crippen LogP contribution in [0.15, 0.2) is 36.4 Å². The van der Waals surface area contributed by atoms with Gasteiger partial charge < -0.3 is 15.5 Å². The smallest absolute Gasteiger partial charge is 0.295 e. The van der Waals surface area contributed by atoms with Gasteiger partial charge in [-0.1, -0.05) is 11.6 Å². The van der Waals surface area contributed by atoms with E-state index in [2.05, 4.69) is 4.90 Å². The summed E-state index contributed by atoms with van der Waals surface area (Å²) in [5.74, 6) is -0.629. The Morgan fingerprint density at radius 2 is 1.67 bits per heavy atom. The van der Waals surface area contributed by atoms with Crippen molar-refractivity contribution in [3.63, 3.8) is 0 Å². The second-order valence-electron chi connectivity index (χ2n) is 5.57. The van der Waals surface area contributed by atoms with Crippen LogP contribution in [0.25, 0.3) is 0 Å². The number of hydrogen-bond donors (Lipinski definition) is 1. The lowest BCUT2D eigenvalue weighted by molar-refractivity contribution is -0.384. The first-order valence-corrected chi connectivity index (χ1v) is 7.82. The van der Waals surface area contributed by atoms with E-state index in [1.165, 1.54) is 6.07 Å². The average Bonchev–Trinajstić information content (AvgIpc) is 2.57. The maximum absolute atomic E-state index is 14.2. The van der Waals surface area contributed by atoms with Crippen molar-refractivity contribution >= 4 is 34.4 Å². The van der Waals surface area contributed by atoms with Gasteiger partial charge in [0, 0.05) is 36.9 Å². The molecule has 6 nitrogen and oxygen atoms in total. The van der Waals surface area contributed by atoms with Gasteiger partial charge in [-0.25, -0.2) is 4.39 Å². The van der Waals surface area contributed by atoms with Gasteiger partial charge in [0.15, 0.2) is 5.82 Å². The lowest BCUT2D eigenvalue weighted by Gasteiger charge is -2.37. The molecule has 1 saturated heterocycles. The molecule has 0 unspecified atom stereocenters. The Morgan fingerprint density at radius 1 is 1.08 bits per heavy atom. The maximum atomic E-state index is 14.2. The summed E-state index contributed by atoms with van der Waals surface area (Å²) in [5.41, 5.74) is 6.59. The van der Waals surface area contributed by atoms with Crippen LogP contribution in [0.2, 0.25) is 5.02 Å². The predicted octanol–water partition coefficient (Wildman–Crippen LogP) is 3.30. The SMILES string of the molecule is Nc1cc(N2CCN(c3ccc(Cl)cc3)CC2)c(F)cc1[N+](=O)[O-]. The zero-order valence-electron chi connectivity index (χ0n) is 12.8. The third kappa shape index (κ3) is 3.21. The Kier molecular flexibility index (Phi) is 4.44. The highest BCUT2D eigenvalue weighted by Gasteiger charge is 2.23. The first-order chi connectivity index (χ1) is 11.5. The van der Waals surface area contributed by atoms with Crippen molar-refractivity contribution in [3.05, 3.63) is 57.4 Å². The molecule has 2 N–H and O–H groups in total. The molecule has 2 aromatic carbocycles. The van der Waals surface area contributed by atoms with Gasteiger partial charge in [-0.2, -0.15) is 0 Å². The van der Waals surface area contributed by atoms with Crippen molar-refractivity contribution in [2.45, 2.75) is 0 Å². The van der Waals surface area contributed by atoms with Gasteiger partial charge in [-0.15, -0.1) is 0 Å². The topological polar surface area (TPSA) is 75.6 Å². The molecule has 0 aromatic heterocycles. The summed E-state index contributed by atoms with van der Waals surface area (Å²) in [6.45, 7) is 2.60. The van der Waals surface area contributed by atoms with Gasteiger partial charge in [-0.3, -0.25) is 10.1 Å². The van der Waals surface area contributed by atoms with Gasteiger partial charge in [-0.05, 0) is 30.3 Å². The number of nitrogens with two attached hydrogens (primary N) is 1. The standard InChI is InChI=1S/C16H16ClFN4O2/c17-11-1-3-12(4-2-11)20-5-7-21(8-6-20)15-10-14(19)16(22(23)24)9-13(15)18/h1-4,9-10H,5-8,19H2. The molecule has 0 atom stereocenters. The van der Waals surface area contributed by atoms with E-state index in [0.29, 0.717) is 36.9 Å². The third-order valence-electron chi connectivity index (χ3n) is 4.10. The molecule has 0 saturated carbocycles. The van der Waals surface area contributed by atoms with Crippen molar-refractivity contribution in [1.82, 2.24) is 0 Å². The molecule has 3 rings (SSSR count). The Hall–Kier alpha value is -2.54. The molecule has 0 radical (unpaired) electrons. The van der Waals surface area contributed by atoms with Crippen molar-refractivity contribution in [3.8, 4) is 0 Å². The van der Waals surface area contributed by atoms with Crippen LogP contribution < -0.4 is 15.5 Å². The van der Waals surface area contributed by atoms with Gasteiger partial charge in [0.1, 0.15) is 5.69 Å². The minimum absolute atomic E-state index is 0.0310. The van der Waals surface area contributed by atoms with Crippen LogP contribution >= 0.6 is 11.6 Å². The van der Waals surface area contributed by atoms with Crippen molar-refractivity contribution in [1.29, 1.82) is 0 Å². The summed E-state index contributed by atoms with van der Waals surface area (Å²) in [6, 6.07) is 9.78. The number of nitrogens with zero attached hydrogens (tertiary/aromatic N) is 3. The molecule has 1 aliphatic heterocycles. The van der Waals surface area contributed by atoms with Crippen LogP contribution in [0.5, 0.6) is 0 Å². The molecule has 8 heteroatoms. The van der Waals surface area contributed by atoms with E-state index >= 15 is 0 Å². The summed E-state index contributed by atoms with van der Waals surface area (Å²) < 4.78 is 14.2. The van der Waals surface area contributed by atoms with Crippen molar-refractivity contribution in [2.75, 3.05) is 41.7 Å². The number of rotatable bonds is 3. The highest BCUT2D eigenvalue weighted by Crippen LogP contribution is 2.31. The molecule has 0 bridgehead atoms. The Morgan fingerprint density at radius 3 is 2.25 bits per heavy atom. The van der Waals surface area contributed by atoms with E-state index in [9.17, 15) is 14.5 Å². The third-order valence-corrected chi connectivity index (χ3v) is 4.36. The molecular weight excluding hydrogens is 335 g/mol. The summed E-state index contributed by atoms with van der Waals surface area (Å²) in [7, 11) is 0. The molecule has 1 aliphatic rings. The number of piperazine rings is 1. The Bertz CT molecular complexity index is 761. The minimum atomic E-state index is -0.680. The molecular formula is C16H16ClFN4O2. The summed E-state index contributed by atoms with van der Waals surface area (Å²) in [4.78, 5) is 14.2.